The molecular weight excluding hydrogens is 208 g/mol. The van der Waals surface area contributed by atoms with E-state index in [0.29, 0.717) is 0 Å². The van der Waals surface area contributed by atoms with Crippen LogP contribution < -0.4 is 5.32 Å². The molecule has 1 aliphatic rings. The van der Waals surface area contributed by atoms with Gasteiger partial charge in [-0.1, -0.05) is 38.1 Å². The molecule has 1 aromatic rings. The van der Waals surface area contributed by atoms with Crippen LogP contribution in [0.3, 0.4) is 0 Å². The lowest BCUT2D eigenvalue weighted by molar-refractivity contribution is 0.296. The van der Waals surface area contributed by atoms with E-state index in [1.807, 2.05) is 0 Å². The largest absolute Gasteiger partial charge is 0.310 e. The number of hydrogen-bond donors (Lipinski definition) is 1. The Morgan fingerprint density at radius 2 is 1.65 bits per heavy atom. The smallest absolute Gasteiger partial charge is 0.0233 e. The molecular formula is C15H24N2. The summed E-state index contributed by atoms with van der Waals surface area (Å²) in [5.41, 5.74) is 2.82. The van der Waals surface area contributed by atoms with E-state index in [-0.39, 0.29) is 0 Å². The highest BCUT2D eigenvalue weighted by atomic mass is 15.1. The maximum atomic E-state index is 3.55. The molecule has 1 aromatic carbocycles. The van der Waals surface area contributed by atoms with Gasteiger partial charge in [0, 0.05) is 19.1 Å². The molecule has 0 aromatic heterocycles. The second kappa shape index (κ2) is 6.18. The van der Waals surface area contributed by atoms with E-state index in [9.17, 15) is 0 Å². The number of nitrogens with one attached hydrogen (secondary N) is 1. The van der Waals surface area contributed by atoms with E-state index in [0.717, 1.165) is 32.2 Å². The molecule has 0 amide bonds. The molecule has 0 unspecified atom stereocenters. The zero-order valence-electron chi connectivity index (χ0n) is 11.1. The van der Waals surface area contributed by atoms with Crippen LogP contribution in [-0.4, -0.2) is 24.0 Å². The van der Waals surface area contributed by atoms with Gasteiger partial charge in [-0.15, -0.1) is 0 Å². The summed E-state index contributed by atoms with van der Waals surface area (Å²) < 4.78 is 0. The number of nitrogens with zero attached hydrogens (tertiary/aromatic N) is 1. The van der Waals surface area contributed by atoms with Crippen LogP contribution >= 0.6 is 0 Å². The molecule has 0 bridgehead atoms. The lowest BCUT2D eigenvalue weighted by Crippen LogP contribution is -2.22. The van der Waals surface area contributed by atoms with E-state index in [1.165, 1.54) is 24.0 Å². The Kier molecular flexibility index (Phi) is 4.57. The fourth-order valence-corrected chi connectivity index (χ4v) is 2.02. The normalized spacial score (nSPS) is 15.5. The SMILES string of the molecule is CCN(CC)Cc1ccc(CNC2CC2)cc1. The topological polar surface area (TPSA) is 15.3 Å². The van der Waals surface area contributed by atoms with Crippen LogP contribution in [0.2, 0.25) is 0 Å². The van der Waals surface area contributed by atoms with Crippen molar-refractivity contribution in [3.05, 3.63) is 35.4 Å². The molecule has 0 heterocycles. The van der Waals surface area contributed by atoms with Crippen molar-refractivity contribution in [1.29, 1.82) is 0 Å². The fraction of sp³-hybridized carbons (Fsp3) is 0.600. The lowest BCUT2D eigenvalue weighted by Gasteiger charge is -2.18. The van der Waals surface area contributed by atoms with Crippen LogP contribution in [0.1, 0.15) is 37.8 Å². The highest BCUT2D eigenvalue weighted by Crippen LogP contribution is 2.19. The standard InChI is InChI=1S/C15H24N2/c1-3-17(4-2)12-14-7-5-13(6-8-14)11-16-15-9-10-15/h5-8,15-16H,3-4,9-12H2,1-2H3. The Hall–Kier alpha value is -0.860. The third kappa shape index (κ3) is 4.14. The van der Waals surface area contributed by atoms with Gasteiger partial charge in [0.2, 0.25) is 0 Å². The van der Waals surface area contributed by atoms with Crippen molar-refractivity contribution in [3.8, 4) is 0 Å². The fourth-order valence-electron chi connectivity index (χ4n) is 2.02. The minimum atomic E-state index is 0.797. The molecule has 2 heteroatoms. The minimum absolute atomic E-state index is 0.797. The van der Waals surface area contributed by atoms with Gasteiger partial charge >= 0.3 is 0 Å². The first kappa shape index (κ1) is 12.6. The summed E-state index contributed by atoms with van der Waals surface area (Å²) in [6, 6.07) is 9.85. The quantitative estimate of drug-likeness (QED) is 0.777. The summed E-state index contributed by atoms with van der Waals surface area (Å²) in [4.78, 5) is 2.44. The molecule has 1 N–H and O–H groups in total. The van der Waals surface area contributed by atoms with Crippen LogP contribution in [0.15, 0.2) is 24.3 Å². The summed E-state index contributed by atoms with van der Waals surface area (Å²) in [6.45, 7) is 8.79. The minimum Gasteiger partial charge on any atom is -0.310 e. The van der Waals surface area contributed by atoms with Crippen molar-refractivity contribution in [1.82, 2.24) is 10.2 Å². The summed E-state index contributed by atoms with van der Waals surface area (Å²) in [7, 11) is 0. The van der Waals surface area contributed by atoms with Crippen LogP contribution in [-0.2, 0) is 13.1 Å². The zero-order chi connectivity index (χ0) is 12.1. The predicted molar refractivity (Wildman–Crippen MR) is 72.9 cm³/mol. The summed E-state index contributed by atoms with van der Waals surface area (Å²) in [5, 5.41) is 3.55. The molecule has 94 valence electrons. The molecule has 0 aliphatic heterocycles. The Morgan fingerprint density at radius 1 is 1.06 bits per heavy atom. The van der Waals surface area contributed by atoms with Gasteiger partial charge in [-0.2, -0.15) is 0 Å². The van der Waals surface area contributed by atoms with Gasteiger partial charge in [-0.05, 0) is 37.1 Å². The zero-order valence-corrected chi connectivity index (χ0v) is 11.1. The van der Waals surface area contributed by atoms with Crippen LogP contribution in [0, 0.1) is 0 Å². The first-order valence-electron chi connectivity index (χ1n) is 6.85. The first-order valence-corrected chi connectivity index (χ1v) is 6.85. The first-order chi connectivity index (χ1) is 8.31. The van der Waals surface area contributed by atoms with Gasteiger partial charge in [0.25, 0.3) is 0 Å². The molecule has 17 heavy (non-hydrogen) atoms. The Balaban J connectivity index is 1.83. The molecule has 1 fully saturated rings. The van der Waals surface area contributed by atoms with Crippen molar-refractivity contribution in [3.63, 3.8) is 0 Å². The second-order valence-electron chi connectivity index (χ2n) is 4.93. The summed E-state index contributed by atoms with van der Waals surface area (Å²) in [5.74, 6) is 0. The van der Waals surface area contributed by atoms with Gasteiger partial charge in [0.15, 0.2) is 0 Å². The molecule has 1 aliphatic carbocycles. The van der Waals surface area contributed by atoms with Crippen LogP contribution in [0.5, 0.6) is 0 Å². The van der Waals surface area contributed by atoms with Gasteiger partial charge in [-0.25, -0.2) is 0 Å². The van der Waals surface area contributed by atoms with Crippen molar-refractivity contribution >= 4 is 0 Å². The Bertz CT molecular complexity index is 323. The van der Waals surface area contributed by atoms with Crippen LogP contribution in [0.4, 0.5) is 0 Å². The highest BCUT2D eigenvalue weighted by Gasteiger charge is 2.19. The third-order valence-corrected chi connectivity index (χ3v) is 3.50. The molecule has 0 radical (unpaired) electrons. The molecule has 2 nitrogen and oxygen atoms in total. The maximum absolute atomic E-state index is 3.55. The number of hydrogen-bond acceptors (Lipinski definition) is 2. The van der Waals surface area contributed by atoms with E-state index in [2.05, 4.69) is 48.3 Å². The average molecular weight is 232 g/mol. The summed E-state index contributed by atoms with van der Waals surface area (Å²) >= 11 is 0. The van der Waals surface area contributed by atoms with Crippen molar-refractivity contribution in [2.24, 2.45) is 0 Å². The Morgan fingerprint density at radius 3 is 2.18 bits per heavy atom. The van der Waals surface area contributed by atoms with Crippen molar-refractivity contribution < 1.29 is 0 Å². The van der Waals surface area contributed by atoms with Crippen LogP contribution in [0.25, 0.3) is 0 Å². The molecule has 0 spiro atoms. The van der Waals surface area contributed by atoms with Gasteiger partial charge < -0.3 is 5.32 Å². The van der Waals surface area contributed by atoms with E-state index in [4.69, 9.17) is 0 Å². The van der Waals surface area contributed by atoms with Gasteiger partial charge in [0.1, 0.15) is 0 Å². The lowest BCUT2D eigenvalue weighted by atomic mass is 10.1. The number of rotatable bonds is 7. The number of benzene rings is 1. The summed E-state index contributed by atoms with van der Waals surface area (Å²) in [6.07, 6.45) is 2.72. The van der Waals surface area contributed by atoms with E-state index >= 15 is 0 Å². The maximum Gasteiger partial charge on any atom is 0.0233 e. The molecule has 1 saturated carbocycles. The van der Waals surface area contributed by atoms with E-state index < -0.39 is 0 Å². The predicted octanol–water partition coefficient (Wildman–Crippen LogP) is 2.78. The van der Waals surface area contributed by atoms with E-state index in [1.54, 1.807) is 0 Å². The molecule has 2 rings (SSSR count). The average Bonchev–Trinajstić information content (AvgIpc) is 3.19. The third-order valence-electron chi connectivity index (χ3n) is 3.50. The highest BCUT2D eigenvalue weighted by molar-refractivity contribution is 5.22. The van der Waals surface area contributed by atoms with Gasteiger partial charge in [0.05, 0.1) is 0 Å². The van der Waals surface area contributed by atoms with Gasteiger partial charge in [-0.3, -0.25) is 4.90 Å². The molecule has 0 saturated heterocycles. The Labute approximate surface area is 105 Å². The monoisotopic (exact) mass is 232 g/mol. The van der Waals surface area contributed by atoms with Crippen molar-refractivity contribution in [2.75, 3.05) is 13.1 Å². The molecule has 0 atom stereocenters. The van der Waals surface area contributed by atoms with Crippen molar-refractivity contribution in [2.45, 2.75) is 45.8 Å². The second-order valence-corrected chi connectivity index (χ2v) is 4.93.